The molecule has 13 heavy (non-hydrogen) atoms. The highest BCUT2D eigenvalue weighted by Gasteiger charge is 2.30. The molecule has 2 rings (SSSR count). The summed E-state index contributed by atoms with van der Waals surface area (Å²) in [4.78, 5) is 17.5. The zero-order valence-electron chi connectivity index (χ0n) is 7.60. The van der Waals surface area contributed by atoms with Crippen LogP contribution in [0.1, 0.15) is 23.3 Å². The topological polar surface area (TPSA) is 33.2 Å². The van der Waals surface area contributed by atoms with Crippen LogP contribution in [-0.4, -0.2) is 28.9 Å². The molecule has 1 saturated carbocycles. The lowest BCUT2D eigenvalue weighted by Gasteiger charge is -2.14. The number of hydrogen-bond donors (Lipinski definition) is 0. The van der Waals surface area contributed by atoms with E-state index < -0.39 is 0 Å². The summed E-state index contributed by atoms with van der Waals surface area (Å²) in [6.07, 6.45) is 3.91. The molecule has 0 bridgehead atoms. The van der Waals surface area contributed by atoms with E-state index in [0.29, 0.717) is 11.7 Å². The van der Waals surface area contributed by atoms with E-state index >= 15 is 0 Å². The largest absolute Gasteiger partial charge is 0.337 e. The first-order valence-corrected chi connectivity index (χ1v) is 4.47. The second kappa shape index (κ2) is 3.17. The van der Waals surface area contributed by atoms with Gasteiger partial charge in [0.1, 0.15) is 5.69 Å². The van der Waals surface area contributed by atoms with E-state index in [9.17, 15) is 4.79 Å². The fourth-order valence-electron chi connectivity index (χ4n) is 1.30. The van der Waals surface area contributed by atoms with Gasteiger partial charge in [-0.3, -0.25) is 9.78 Å². The van der Waals surface area contributed by atoms with Gasteiger partial charge in [-0.15, -0.1) is 0 Å². The van der Waals surface area contributed by atoms with E-state index in [-0.39, 0.29) is 5.91 Å². The van der Waals surface area contributed by atoms with Crippen LogP contribution in [0.4, 0.5) is 0 Å². The maximum absolute atomic E-state index is 11.7. The van der Waals surface area contributed by atoms with Crippen molar-refractivity contribution >= 4 is 5.91 Å². The standard InChI is InChI=1S/C10H12N2O/c1-12(8-5-6-8)10(13)9-4-2-3-7-11-9/h2-4,7-8H,5-6H2,1H3. The number of pyridine rings is 1. The predicted octanol–water partition coefficient (Wildman–Crippen LogP) is 1.32. The summed E-state index contributed by atoms with van der Waals surface area (Å²) in [6, 6.07) is 5.85. The molecule has 1 fully saturated rings. The van der Waals surface area contributed by atoms with Crippen molar-refractivity contribution in [3.63, 3.8) is 0 Å². The Hall–Kier alpha value is -1.38. The molecule has 3 nitrogen and oxygen atoms in total. The van der Waals surface area contributed by atoms with Gasteiger partial charge >= 0.3 is 0 Å². The van der Waals surface area contributed by atoms with Crippen LogP contribution in [0.3, 0.4) is 0 Å². The van der Waals surface area contributed by atoms with Crippen LogP contribution in [0.15, 0.2) is 24.4 Å². The smallest absolute Gasteiger partial charge is 0.272 e. The van der Waals surface area contributed by atoms with Gasteiger partial charge in [0.2, 0.25) is 0 Å². The second-order valence-corrected chi connectivity index (χ2v) is 3.36. The molecule has 0 unspecified atom stereocenters. The second-order valence-electron chi connectivity index (χ2n) is 3.36. The number of carbonyl (C=O) groups is 1. The lowest BCUT2D eigenvalue weighted by molar-refractivity contribution is 0.0779. The minimum Gasteiger partial charge on any atom is -0.337 e. The van der Waals surface area contributed by atoms with Gasteiger partial charge in [0, 0.05) is 19.3 Å². The van der Waals surface area contributed by atoms with Gasteiger partial charge in [0.25, 0.3) is 5.91 Å². The van der Waals surface area contributed by atoms with Gasteiger partial charge in [0.15, 0.2) is 0 Å². The SMILES string of the molecule is CN(C(=O)c1ccccn1)C1CC1. The zero-order chi connectivity index (χ0) is 9.26. The zero-order valence-corrected chi connectivity index (χ0v) is 7.60. The normalized spacial score (nSPS) is 15.5. The van der Waals surface area contributed by atoms with Gasteiger partial charge in [-0.1, -0.05) is 6.07 Å². The van der Waals surface area contributed by atoms with E-state index in [1.807, 2.05) is 19.2 Å². The van der Waals surface area contributed by atoms with Crippen LogP contribution in [0.5, 0.6) is 0 Å². The van der Waals surface area contributed by atoms with Crippen molar-refractivity contribution < 1.29 is 4.79 Å². The maximum Gasteiger partial charge on any atom is 0.272 e. The van der Waals surface area contributed by atoms with Gasteiger partial charge in [-0.05, 0) is 25.0 Å². The van der Waals surface area contributed by atoms with E-state index in [0.717, 1.165) is 12.8 Å². The number of rotatable bonds is 2. The molecule has 0 atom stereocenters. The minimum absolute atomic E-state index is 0.0306. The summed E-state index contributed by atoms with van der Waals surface area (Å²) in [5.41, 5.74) is 0.539. The van der Waals surface area contributed by atoms with Crippen molar-refractivity contribution in [2.24, 2.45) is 0 Å². The average molecular weight is 176 g/mol. The Morgan fingerprint density at radius 1 is 1.54 bits per heavy atom. The first-order valence-electron chi connectivity index (χ1n) is 4.47. The molecule has 0 radical (unpaired) electrons. The first-order chi connectivity index (χ1) is 6.29. The van der Waals surface area contributed by atoms with Crippen LogP contribution in [-0.2, 0) is 0 Å². The molecule has 0 aliphatic heterocycles. The van der Waals surface area contributed by atoms with Gasteiger partial charge < -0.3 is 4.90 Å². The highest BCUT2D eigenvalue weighted by molar-refractivity contribution is 5.92. The maximum atomic E-state index is 11.7. The lowest BCUT2D eigenvalue weighted by Crippen LogP contribution is -2.29. The van der Waals surface area contributed by atoms with Gasteiger partial charge in [0.05, 0.1) is 0 Å². The summed E-state index contributed by atoms with van der Waals surface area (Å²) in [5.74, 6) is 0.0306. The van der Waals surface area contributed by atoms with Crippen molar-refractivity contribution in [1.82, 2.24) is 9.88 Å². The molecule has 0 saturated heterocycles. The monoisotopic (exact) mass is 176 g/mol. The van der Waals surface area contributed by atoms with Crippen LogP contribution in [0.2, 0.25) is 0 Å². The highest BCUT2D eigenvalue weighted by atomic mass is 16.2. The Labute approximate surface area is 77.4 Å². The Bertz CT molecular complexity index is 306. The van der Waals surface area contributed by atoms with Crippen molar-refractivity contribution in [1.29, 1.82) is 0 Å². The van der Waals surface area contributed by atoms with Crippen LogP contribution in [0, 0.1) is 0 Å². The Morgan fingerprint density at radius 2 is 2.31 bits per heavy atom. The minimum atomic E-state index is 0.0306. The Kier molecular flexibility index (Phi) is 2.00. The summed E-state index contributed by atoms with van der Waals surface area (Å²) in [7, 11) is 1.84. The molecule has 0 spiro atoms. The van der Waals surface area contributed by atoms with Crippen molar-refractivity contribution in [2.75, 3.05) is 7.05 Å². The van der Waals surface area contributed by atoms with Crippen molar-refractivity contribution in [3.05, 3.63) is 30.1 Å². The Morgan fingerprint density at radius 3 is 2.85 bits per heavy atom. The summed E-state index contributed by atoms with van der Waals surface area (Å²) < 4.78 is 0. The van der Waals surface area contributed by atoms with E-state index in [1.165, 1.54) is 0 Å². The third kappa shape index (κ3) is 1.69. The van der Waals surface area contributed by atoms with Gasteiger partial charge in [-0.25, -0.2) is 0 Å². The molecular weight excluding hydrogens is 164 g/mol. The first kappa shape index (κ1) is 8.23. The van der Waals surface area contributed by atoms with Crippen LogP contribution >= 0.6 is 0 Å². The third-order valence-corrected chi connectivity index (χ3v) is 2.30. The lowest BCUT2D eigenvalue weighted by atomic mass is 10.3. The van der Waals surface area contributed by atoms with Crippen molar-refractivity contribution in [2.45, 2.75) is 18.9 Å². The molecule has 0 aromatic carbocycles. The van der Waals surface area contributed by atoms with Crippen LogP contribution in [0.25, 0.3) is 0 Å². The molecular formula is C10H12N2O. The van der Waals surface area contributed by atoms with Crippen LogP contribution < -0.4 is 0 Å². The molecule has 1 aromatic heterocycles. The van der Waals surface area contributed by atoms with E-state index in [4.69, 9.17) is 0 Å². The third-order valence-electron chi connectivity index (χ3n) is 2.30. The number of amides is 1. The van der Waals surface area contributed by atoms with Crippen molar-refractivity contribution in [3.8, 4) is 0 Å². The quantitative estimate of drug-likeness (QED) is 0.680. The molecule has 1 aliphatic carbocycles. The number of carbonyl (C=O) groups excluding carboxylic acids is 1. The average Bonchev–Trinajstić information content (AvgIpc) is 3.00. The number of aromatic nitrogens is 1. The van der Waals surface area contributed by atoms with E-state index in [2.05, 4.69) is 4.98 Å². The fraction of sp³-hybridized carbons (Fsp3) is 0.400. The summed E-state index contributed by atoms with van der Waals surface area (Å²) in [5, 5.41) is 0. The molecule has 1 amide bonds. The van der Waals surface area contributed by atoms with Gasteiger partial charge in [-0.2, -0.15) is 0 Å². The predicted molar refractivity (Wildman–Crippen MR) is 49.4 cm³/mol. The molecule has 1 heterocycles. The Balaban J connectivity index is 2.12. The molecule has 68 valence electrons. The number of nitrogens with zero attached hydrogens (tertiary/aromatic N) is 2. The molecule has 1 aromatic rings. The molecule has 3 heteroatoms. The highest BCUT2D eigenvalue weighted by Crippen LogP contribution is 2.26. The van der Waals surface area contributed by atoms with E-state index in [1.54, 1.807) is 17.2 Å². The fourth-order valence-corrected chi connectivity index (χ4v) is 1.30. The molecule has 0 N–H and O–H groups in total. The summed E-state index contributed by atoms with van der Waals surface area (Å²) in [6.45, 7) is 0. The number of hydrogen-bond acceptors (Lipinski definition) is 2. The molecule has 1 aliphatic rings. The summed E-state index contributed by atoms with van der Waals surface area (Å²) >= 11 is 0.